The molecule has 1 aromatic rings. The lowest BCUT2D eigenvalue weighted by molar-refractivity contribution is 0.0697. The van der Waals surface area contributed by atoms with Gasteiger partial charge < -0.3 is 5.11 Å². The molecule has 5 heteroatoms. The summed E-state index contributed by atoms with van der Waals surface area (Å²) in [5.74, 6) is -1.00. The summed E-state index contributed by atoms with van der Waals surface area (Å²) in [6.07, 6.45) is 3.00. The molecule has 0 aromatic carbocycles. The third-order valence-corrected chi connectivity index (χ3v) is 1.33. The summed E-state index contributed by atoms with van der Waals surface area (Å²) in [5, 5.41) is 20.5. The van der Waals surface area contributed by atoms with Crippen molar-refractivity contribution in [1.29, 1.82) is 5.26 Å². The van der Waals surface area contributed by atoms with Crippen molar-refractivity contribution in [3.8, 4) is 6.07 Å². The number of carboxylic acids is 1. The molecule has 1 rings (SSSR count). The van der Waals surface area contributed by atoms with Gasteiger partial charge in [0.15, 0.2) is 0 Å². The molecule has 0 atom stereocenters. The summed E-state index contributed by atoms with van der Waals surface area (Å²) < 4.78 is 1.44. The Morgan fingerprint density at radius 2 is 2.58 bits per heavy atom. The predicted octanol–water partition coefficient (Wildman–Crippen LogP) is 0.495. The Kier molecular flexibility index (Phi) is 2.43. The van der Waals surface area contributed by atoms with Crippen LogP contribution in [-0.4, -0.2) is 20.9 Å². The highest BCUT2D eigenvalue weighted by molar-refractivity contribution is 5.86. The van der Waals surface area contributed by atoms with Gasteiger partial charge in [0.05, 0.1) is 30.8 Å². The first-order chi connectivity index (χ1) is 5.74. The third-order valence-electron chi connectivity index (χ3n) is 1.33. The quantitative estimate of drug-likeness (QED) is 0.707. The zero-order valence-corrected chi connectivity index (χ0v) is 6.27. The van der Waals surface area contributed by atoms with Crippen LogP contribution < -0.4 is 0 Å². The van der Waals surface area contributed by atoms with E-state index in [1.54, 1.807) is 0 Å². The Morgan fingerprint density at radius 1 is 1.83 bits per heavy atom. The van der Waals surface area contributed by atoms with E-state index in [0.29, 0.717) is 13.0 Å². The second-order valence-corrected chi connectivity index (χ2v) is 2.21. The molecule has 0 bridgehead atoms. The van der Waals surface area contributed by atoms with Gasteiger partial charge in [0.1, 0.15) is 0 Å². The highest BCUT2D eigenvalue weighted by atomic mass is 16.4. The molecule has 0 saturated heterocycles. The van der Waals surface area contributed by atoms with Gasteiger partial charge in [-0.2, -0.15) is 10.4 Å². The second-order valence-electron chi connectivity index (χ2n) is 2.21. The van der Waals surface area contributed by atoms with Crippen LogP contribution in [0.4, 0.5) is 0 Å². The lowest BCUT2D eigenvalue weighted by Gasteiger charge is -1.92. The van der Waals surface area contributed by atoms with Crippen LogP contribution in [0.2, 0.25) is 0 Å². The molecule has 0 unspecified atom stereocenters. The summed E-state index contributed by atoms with van der Waals surface area (Å²) in [5.41, 5.74) is 0.146. The minimum absolute atomic E-state index is 0.146. The molecule has 0 amide bonds. The molecule has 1 heterocycles. The molecule has 12 heavy (non-hydrogen) atoms. The standard InChI is InChI=1S/C7H7N3O2/c8-2-1-3-10-5-6(4-9-10)7(11)12/h4-5H,1,3H2,(H,11,12). The maximum absolute atomic E-state index is 10.4. The van der Waals surface area contributed by atoms with E-state index in [1.165, 1.54) is 17.1 Å². The Hall–Kier alpha value is -1.83. The van der Waals surface area contributed by atoms with E-state index in [0.717, 1.165) is 0 Å². The van der Waals surface area contributed by atoms with Crippen molar-refractivity contribution in [1.82, 2.24) is 9.78 Å². The van der Waals surface area contributed by atoms with Crippen LogP contribution in [0.3, 0.4) is 0 Å². The van der Waals surface area contributed by atoms with Gasteiger partial charge in [0.25, 0.3) is 0 Å². The Balaban J connectivity index is 2.66. The SMILES string of the molecule is N#CCCn1cc(C(=O)O)cn1. The number of hydrogen-bond acceptors (Lipinski definition) is 3. The number of nitrogens with zero attached hydrogens (tertiary/aromatic N) is 3. The summed E-state index contributed by atoms with van der Waals surface area (Å²) in [7, 11) is 0. The van der Waals surface area contributed by atoms with Crippen LogP contribution >= 0.6 is 0 Å². The van der Waals surface area contributed by atoms with E-state index in [4.69, 9.17) is 10.4 Å². The van der Waals surface area contributed by atoms with Gasteiger partial charge in [-0.15, -0.1) is 0 Å². The molecule has 1 N–H and O–H groups in total. The van der Waals surface area contributed by atoms with Crippen molar-refractivity contribution in [3.63, 3.8) is 0 Å². The lowest BCUT2D eigenvalue weighted by atomic mass is 10.4. The molecule has 0 aliphatic carbocycles. The Morgan fingerprint density at radius 3 is 3.08 bits per heavy atom. The lowest BCUT2D eigenvalue weighted by Crippen LogP contribution is -1.97. The number of aryl methyl sites for hydroxylation is 1. The van der Waals surface area contributed by atoms with Gasteiger partial charge >= 0.3 is 5.97 Å². The Labute approximate surface area is 68.8 Å². The van der Waals surface area contributed by atoms with Crippen molar-refractivity contribution in [2.75, 3.05) is 0 Å². The van der Waals surface area contributed by atoms with Crippen LogP contribution in [0.1, 0.15) is 16.8 Å². The topological polar surface area (TPSA) is 78.9 Å². The minimum Gasteiger partial charge on any atom is -0.478 e. The number of carboxylic acid groups (broad SMARTS) is 1. The molecule has 5 nitrogen and oxygen atoms in total. The molecule has 0 aliphatic rings. The van der Waals surface area contributed by atoms with Gasteiger partial charge in [-0.1, -0.05) is 0 Å². The molecule has 0 aliphatic heterocycles. The smallest absolute Gasteiger partial charge is 0.338 e. The maximum Gasteiger partial charge on any atom is 0.338 e. The van der Waals surface area contributed by atoms with Crippen LogP contribution in [0.15, 0.2) is 12.4 Å². The number of hydrogen-bond donors (Lipinski definition) is 1. The van der Waals surface area contributed by atoms with Gasteiger partial charge in [-0.05, 0) is 0 Å². The van der Waals surface area contributed by atoms with Crippen molar-refractivity contribution in [2.45, 2.75) is 13.0 Å². The Bertz CT molecular complexity index is 324. The first kappa shape index (κ1) is 8.27. The first-order valence-corrected chi connectivity index (χ1v) is 3.36. The largest absolute Gasteiger partial charge is 0.478 e. The van der Waals surface area contributed by atoms with E-state index >= 15 is 0 Å². The van der Waals surface area contributed by atoms with E-state index in [-0.39, 0.29) is 5.56 Å². The maximum atomic E-state index is 10.4. The number of rotatable bonds is 3. The average molecular weight is 165 g/mol. The van der Waals surface area contributed by atoms with E-state index in [1.807, 2.05) is 6.07 Å². The summed E-state index contributed by atoms with van der Waals surface area (Å²) >= 11 is 0. The van der Waals surface area contributed by atoms with Gasteiger partial charge in [-0.3, -0.25) is 4.68 Å². The molecular weight excluding hydrogens is 158 g/mol. The molecule has 0 saturated carbocycles. The summed E-state index contributed by atoms with van der Waals surface area (Å²) in [6.45, 7) is 0.434. The summed E-state index contributed by atoms with van der Waals surface area (Å²) in [4.78, 5) is 10.4. The van der Waals surface area contributed by atoms with Crippen LogP contribution in [-0.2, 0) is 6.54 Å². The van der Waals surface area contributed by atoms with Crippen molar-refractivity contribution in [3.05, 3.63) is 18.0 Å². The molecule has 62 valence electrons. The fraction of sp³-hybridized carbons (Fsp3) is 0.286. The highest BCUT2D eigenvalue weighted by Gasteiger charge is 2.04. The van der Waals surface area contributed by atoms with Crippen LogP contribution in [0.5, 0.6) is 0 Å². The minimum atomic E-state index is -1.00. The molecule has 1 aromatic heterocycles. The predicted molar refractivity (Wildman–Crippen MR) is 39.4 cm³/mol. The normalized spacial score (nSPS) is 9.25. The number of aromatic carboxylic acids is 1. The van der Waals surface area contributed by atoms with E-state index in [9.17, 15) is 4.79 Å². The zero-order valence-electron chi connectivity index (χ0n) is 6.27. The zero-order chi connectivity index (χ0) is 8.97. The van der Waals surface area contributed by atoms with Gasteiger partial charge in [0.2, 0.25) is 0 Å². The first-order valence-electron chi connectivity index (χ1n) is 3.36. The van der Waals surface area contributed by atoms with E-state index in [2.05, 4.69) is 5.10 Å². The van der Waals surface area contributed by atoms with Crippen molar-refractivity contribution < 1.29 is 9.90 Å². The monoisotopic (exact) mass is 165 g/mol. The number of carbonyl (C=O) groups is 1. The fourth-order valence-corrected chi connectivity index (χ4v) is 0.761. The highest BCUT2D eigenvalue weighted by Crippen LogP contribution is 1.97. The van der Waals surface area contributed by atoms with Crippen LogP contribution in [0.25, 0.3) is 0 Å². The molecule has 0 radical (unpaired) electrons. The molecule has 0 fully saturated rings. The van der Waals surface area contributed by atoms with Gasteiger partial charge in [-0.25, -0.2) is 4.79 Å². The van der Waals surface area contributed by atoms with Crippen molar-refractivity contribution in [2.24, 2.45) is 0 Å². The summed E-state index contributed by atoms with van der Waals surface area (Å²) in [6, 6.07) is 1.95. The number of nitriles is 1. The van der Waals surface area contributed by atoms with Gasteiger partial charge in [0, 0.05) is 6.20 Å². The fourth-order valence-electron chi connectivity index (χ4n) is 0.761. The van der Waals surface area contributed by atoms with Crippen LogP contribution in [0, 0.1) is 11.3 Å². The molecule has 0 spiro atoms. The average Bonchev–Trinajstić information content (AvgIpc) is 2.48. The second kappa shape index (κ2) is 3.53. The molecular formula is C7H7N3O2. The van der Waals surface area contributed by atoms with Crippen molar-refractivity contribution >= 4 is 5.97 Å². The third kappa shape index (κ3) is 1.83. The number of aromatic nitrogens is 2. The van der Waals surface area contributed by atoms with E-state index < -0.39 is 5.97 Å².